The number of carbonyl (C=O) groups is 4. The van der Waals surface area contributed by atoms with E-state index in [4.69, 9.17) is 9.47 Å². The van der Waals surface area contributed by atoms with Crippen molar-refractivity contribution in [2.45, 2.75) is 81.0 Å². The Balaban J connectivity index is 1.48. The minimum atomic E-state index is -3.42. The van der Waals surface area contributed by atoms with Gasteiger partial charge >= 0.3 is 0 Å². The molecule has 2 aliphatic heterocycles. The van der Waals surface area contributed by atoms with Gasteiger partial charge in [0.2, 0.25) is 17.7 Å². The summed E-state index contributed by atoms with van der Waals surface area (Å²) in [6, 6.07) is 3.20. The predicted octanol–water partition coefficient (Wildman–Crippen LogP) is 0.688. The van der Waals surface area contributed by atoms with Crippen LogP contribution >= 0.6 is 0 Å². The van der Waals surface area contributed by atoms with Crippen molar-refractivity contribution < 1.29 is 37.1 Å². The summed E-state index contributed by atoms with van der Waals surface area (Å²) in [5.74, 6) is -1.67. The molecule has 12 nitrogen and oxygen atoms in total. The summed E-state index contributed by atoms with van der Waals surface area (Å²) in [6.45, 7) is 5.96. The number of amides is 3. The molecule has 0 saturated carbocycles. The smallest absolute Gasteiger partial charge is 0.243 e. The maximum atomic E-state index is 13.8. The van der Waals surface area contributed by atoms with Crippen LogP contribution in [-0.4, -0.2) is 106 Å². The van der Waals surface area contributed by atoms with Crippen LogP contribution in [0.5, 0.6) is 0 Å². The second kappa shape index (κ2) is 14.8. The van der Waals surface area contributed by atoms with Gasteiger partial charge in [0.05, 0.1) is 37.3 Å². The first-order valence-electron chi connectivity index (χ1n) is 15.2. The normalized spacial score (nSPS) is 22.6. The van der Waals surface area contributed by atoms with E-state index in [2.05, 4.69) is 22.0 Å². The second-order valence-corrected chi connectivity index (χ2v) is 14.1. The Morgan fingerprint density at radius 3 is 2.20 bits per heavy atom. The fourth-order valence-corrected chi connectivity index (χ4v) is 6.01. The first-order valence-corrected chi connectivity index (χ1v) is 17.1. The molecule has 1 aliphatic carbocycles. The van der Waals surface area contributed by atoms with E-state index >= 15 is 0 Å². The van der Waals surface area contributed by atoms with Crippen molar-refractivity contribution in [2.75, 3.05) is 45.7 Å². The molecule has 0 aromatic heterocycles. The summed E-state index contributed by atoms with van der Waals surface area (Å²) in [6.07, 6.45) is 7.51. The van der Waals surface area contributed by atoms with Crippen LogP contribution in [0.2, 0.25) is 0 Å². The average molecular weight is 633 g/mol. The van der Waals surface area contributed by atoms with E-state index < -0.39 is 45.4 Å². The molecular formula is C31H44N4O8S. The second-order valence-electron chi connectivity index (χ2n) is 12.1. The summed E-state index contributed by atoms with van der Waals surface area (Å²) in [4.78, 5) is 55.1. The molecule has 44 heavy (non-hydrogen) atoms. The highest BCUT2D eigenvalue weighted by atomic mass is 32.2. The number of morpholine rings is 1. The van der Waals surface area contributed by atoms with E-state index in [0.29, 0.717) is 38.3 Å². The number of nitrogens with one attached hydrogen (secondary N) is 3. The first-order chi connectivity index (χ1) is 20.8. The number of carbonyl (C=O) groups excluding carboxylic acids is 4. The lowest BCUT2D eigenvalue weighted by atomic mass is 9.89. The lowest BCUT2D eigenvalue weighted by Crippen LogP contribution is -2.57. The van der Waals surface area contributed by atoms with Gasteiger partial charge in [0.1, 0.15) is 17.7 Å². The van der Waals surface area contributed by atoms with E-state index in [1.54, 1.807) is 19.1 Å². The fraction of sp³-hybridized carbons (Fsp3) is 0.613. The third-order valence-corrected chi connectivity index (χ3v) is 9.38. The first kappa shape index (κ1) is 33.8. The van der Waals surface area contributed by atoms with Crippen LogP contribution in [0.3, 0.4) is 0 Å². The van der Waals surface area contributed by atoms with Crippen molar-refractivity contribution in [3.63, 3.8) is 0 Å². The van der Waals surface area contributed by atoms with Gasteiger partial charge in [0.25, 0.3) is 0 Å². The van der Waals surface area contributed by atoms with Gasteiger partial charge in [-0.25, -0.2) is 8.42 Å². The summed E-state index contributed by atoms with van der Waals surface area (Å²) in [5, 5.41) is 8.32. The molecule has 4 rings (SSSR count). The zero-order valence-electron chi connectivity index (χ0n) is 25.7. The van der Waals surface area contributed by atoms with Gasteiger partial charge in [-0.15, -0.1) is 0 Å². The average Bonchev–Trinajstić information content (AvgIpc) is 3.75. The van der Waals surface area contributed by atoms with E-state index in [1.807, 2.05) is 4.90 Å². The minimum Gasteiger partial charge on any atom is -0.379 e. The van der Waals surface area contributed by atoms with Crippen molar-refractivity contribution in [1.82, 2.24) is 20.9 Å². The number of ketones is 1. The third-order valence-electron chi connectivity index (χ3n) is 8.25. The number of ether oxygens (including phenoxy) is 2. The van der Waals surface area contributed by atoms with Gasteiger partial charge in [0.15, 0.2) is 15.6 Å². The van der Waals surface area contributed by atoms with Crippen molar-refractivity contribution in [1.29, 1.82) is 0 Å². The monoisotopic (exact) mass is 632 g/mol. The number of Topliss-reactive ketones (excluding diaryl/α,β-unsaturated/α-hetero) is 1. The highest BCUT2D eigenvalue weighted by Crippen LogP contribution is 2.31. The number of hydrogen-bond acceptors (Lipinski definition) is 9. The third kappa shape index (κ3) is 9.68. The molecule has 1 aromatic rings. The Labute approximate surface area is 259 Å². The van der Waals surface area contributed by atoms with Crippen LogP contribution in [0.15, 0.2) is 40.8 Å². The molecular weight excluding hydrogens is 588 g/mol. The van der Waals surface area contributed by atoms with Crippen LogP contribution in [0.4, 0.5) is 0 Å². The van der Waals surface area contributed by atoms with Crippen molar-refractivity contribution in [3.05, 3.63) is 41.5 Å². The molecule has 13 heteroatoms. The molecule has 0 bridgehead atoms. The quantitative estimate of drug-likeness (QED) is 0.198. The van der Waals surface area contributed by atoms with Crippen molar-refractivity contribution >= 4 is 33.3 Å². The molecule has 3 N–H and O–H groups in total. The highest BCUT2D eigenvalue weighted by molar-refractivity contribution is 7.90. The van der Waals surface area contributed by atoms with E-state index in [0.717, 1.165) is 37.5 Å². The topological polar surface area (TPSA) is 164 Å². The molecule has 242 valence electrons. The number of benzene rings is 1. The summed E-state index contributed by atoms with van der Waals surface area (Å²) in [5.41, 5.74) is 0.761. The molecule has 3 aliphatic rings. The van der Waals surface area contributed by atoms with Gasteiger partial charge in [-0.3, -0.25) is 24.1 Å². The van der Waals surface area contributed by atoms with Gasteiger partial charge in [-0.1, -0.05) is 23.8 Å². The SMILES string of the molecule is CC(NC(=O)CN1CCOCC1)C(=O)NC(Cc1ccc(S(C)(=O)=O)cc1)C(=O)NC(CC1=CCCCC1)C(=O)C1(C)CO1. The minimum absolute atomic E-state index is 0.0352. The molecule has 4 unspecified atom stereocenters. The highest BCUT2D eigenvalue weighted by Gasteiger charge is 2.50. The fourth-order valence-electron chi connectivity index (χ4n) is 5.38. The molecule has 2 heterocycles. The number of hydrogen-bond donors (Lipinski definition) is 3. The number of allylic oxidation sites excluding steroid dienone is 1. The van der Waals surface area contributed by atoms with Gasteiger partial charge < -0.3 is 25.4 Å². The standard InChI is InChI=1S/C31H44N4O8S/c1-21(32-27(36)19-35-13-15-42-16-14-35)29(38)34-26(18-23-9-11-24(12-10-23)44(3,40)41)30(39)33-25(28(37)31(2)20-43-31)17-22-7-5-4-6-8-22/h7,9-12,21,25-26H,4-6,8,13-20H2,1-3H3,(H,32,36)(H,33,39)(H,34,38). The maximum Gasteiger partial charge on any atom is 0.243 e. The molecule has 0 radical (unpaired) electrons. The van der Waals surface area contributed by atoms with Crippen molar-refractivity contribution in [3.8, 4) is 0 Å². The number of nitrogens with zero attached hydrogens (tertiary/aromatic N) is 1. The van der Waals surface area contributed by atoms with Gasteiger partial charge in [0, 0.05) is 25.8 Å². The maximum absolute atomic E-state index is 13.8. The predicted molar refractivity (Wildman–Crippen MR) is 163 cm³/mol. The summed E-state index contributed by atoms with van der Waals surface area (Å²) >= 11 is 0. The van der Waals surface area contributed by atoms with Crippen LogP contribution in [0, 0.1) is 0 Å². The number of sulfone groups is 1. The molecule has 4 atom stereocenters. The molecule has 2 fully saturated rings. The molecule has 0 spiro atoms. The number of rotatable bonds is 14. The lowest BCUT2D eigenvalue weighted by Gasteiger charge is -2.27. The van der Waals surface area contributed by atoms with Gasteiger partial charge in [-0.05, 0) is 63.6 Å². The Bertz CT molecular complexity index is 1350. The largest absolute Gasteiger partial charge is 0.379 e. The summed E-state index contributed by atoms with van der Waals surface area (Å²) in [7, 11) is -3.42. The zero-order valence-corrected chi connectivity index (χ0v) is 26.5. The lowest BCUT2D eigenvalue weighted by molar-refractivity contribution is -0.134. The Morgan fingerprint density at radius 1 is 0.955 bits per heavy atom. The van der Waals surface area contributed by atoms with Gasteiger partial charge in [-0.2, -0.15) is 0 Å². The van der Waals surface area contributed by atoms with Crippen LogP contribution in [-0.2, 0) is 44.9 Å². The zero-order chi connectivity index (χ0) is 31.9. The molecule has 1 aromatic carbocycles. The van der Waals surface area contributed by atoms with E-state index in [1.165, 1.54) is 19.1 Å². The molecule has 2 saturated heterocycles. The van der Waals surface area contributed by atoms with E-state index in [-0.39, 0.29) is 36.2 Å². The van der Waals surface area contributed by atoms with Crippen molar-refractivity contribution in [2.24, 2.45) is 0 Å². The van der Waals surface area contributed by atoms with Crippen LogP contribution in [0.1, 0.15) is 51.5 Å². The Morgan fingerprint density at radius 2 is 1.61 bits per heavy atom. The Kier molecular flexibility index (Phi) is 11.3. The summed E-state index contributed by atoms with van der Waals surface area (Å²) < 4.78 is 34.6. The molecule has 3 amide bonds. The Hall–Kier alpha value is -3.13. The van der Waals surface area contributed by atoms with Crippen LogP contribution in [0.25, 0.3) is 0 Å². The van der Waals surface area contributed by atoms with Crippen LogP contribution < -0.4 is 16.0 Å². The van der Waals surface area contributed by atoms with E-state index in [9.17, 15) is 27.6 Å². The number of epoxide rings is 1.